The van der Waals surface area contributed by atoms with Gasteiger partial charge in [-0.1, -0.05) is 77.1 Å². The predicted octanol–water partition coefficient (Wildman–Crippen LogP) is 7.99. The van der Waals surface area contributed by atoms with Crippen molar-refractivity contribution in [1.29, 1.82) is 0 Å². The van der Waals surface area contributed by atoms with Crippen molar-refractivity contribution in [1.82, 2.24) is 9.88 Å². The van der Waals surface area contributed by atoms with Gasteiger partial charge in [-0.2, -0.15) is 0 Å². The summed E-state index contributed by atoms with van der Waals surface area (Å²) in [5, 5.41) is 10.8. The zero-order chi connectivity index (χ0) is 41.2. The van der Waals surface area contributed by atoms with Gasteiger partial charge in [0.25, 0.3) is 0 Å². The van der Waals surface area contributed by atoms with Gasteiger partial charge in [-0.05, 0) is 71.9 Å². The number of rotatable bonds is 11. The van der Waals surface area contributed by atoms with Crippen LogP contribution < -0.4 is 4.90 Å². The van der Waals surface area contributed by atoms with Gasteiger partial charge < -0.3 is 29.2 Å². The molecule has 0 bridgehead atoms. The van der Waals surface area contributed by atoms with Crippen molar-refractivity contribution in [2.24, 2.45) is 0 Å². The molecule has 0 amide bonds. The van der Waals surface area contributed by atoms with Crippen molar-refractivity contribution >= 4 is 47.1 Å². The lowest BCUT2D eigenvalue weighted by Crippen LogP contribution is -2.24. The van der Waals surface area contributed by atoms with Crippen LogP contribution in [-0.2, 0) is 61.0 Å². The number of nitrogens with zero attached hydrogens (tertiary/aromatic N) is 3. The van der Waals surface area contributed by atoms with Crippen LogP contribution in [-0.4, -0.2) is 73.7 Å². The number of carbonyl (C=O) groups is 4. The Morgan fingerprint density at radius 2 is 1.55 bits per heavy atom. The number of fused-ring (bicyclic) bond motifs is 4. The molecule has 1 aromatic heterocycles. The fraction of sp³-hybridized carbons (Fsp3) is 0.370. The maximum absolute atomic E-state index is 12.2. The van der Waals surface area contributed by atoms with Crippen LogP contribution in [0.25, 0.3) is 16.6 Å². The van der Waals surface area contributed by atoms with E-state index in [-0.39, 0.29) is 36.3 Å². The van der Waals surface area contributed by atoms with Gasteiger partial charge in [-0.25, -0.2) is 4.98 Å². The Kier molecular flexibility index (Phi) is 18.1. The third kappa shape index (κ3) is 11.0. The van der Waals surface area contributed by atoms with Crippen LogP contribution in [0.1, 0.15) is 81.0 Å². The number of esters is 1. The van der Waals surface area contributed by atoms with Crippen LogP contribution in [0.2, 0.25) is 0 Å². The van der Waals surface area contributed by atoms with E-state index in [1.165, 1.54) is 29.5 Å². The van der Waals surface area contributed by atoms with Crippen molar-refractivity contribution in [3.05, 3.63) is 117 Å². The number of hydrogen-bond acceptors (Lipinski definition) is 10. The largest absolute Gasteiger partial charge is 0.508 e. The topological polar surface area (TPSA) is 126 Å². The summed E-state index contributed by atoms with van der Waals surface area (Å²) >= 11 is 0. The second-order valence-electron chi connectivity index (χ2n) is 12.9. The van der Waals surface area contributed by atoms with E-state index in [0.29, 0.717) is 48.7 Å². The number of para-hydroxylation sites is 1. The van der Waals surface area contributed by atoms with Gasteiger partial charge >= 0.3 is 5.97 Å². The van der Waals surface area contributed by atoms with E-state index in [4.69, 9.17) is 14.5 Å². The first kappa shape index (κ1) is 44.8. The molecule has 2 aliphatic rings. The number of aromatic nitrogens is 1. The molecule has 56 heavy (non-hydrogen) atoms. The van der Waals surface area contributed by atoms with Crippen molar-refractivity contribution in [3.8, 4) is 5.75 Å². The van der Waals surface area contributed by atoms with E-state index >= 15 is 0 Å². The second kappa shape index (κ2) is 22.7. The normalized spacial score (nSPS) is 14.3. The number of benzene rings is 3. The van der Waals surface area contributed by atoms with E-state index in [0.717, 1.165) is 35.9 Å². The maximum Gasteiger partial charge on any atom is 0.307 e. The fourth-order valence-corrected chi connectivity index (χ4v) is 6.87. The molecule has 1 N–H and O–H groups in total. The highest BCUT2D eigenvalue weighted by Gasteiger charge is 2.29. The van der Waals surface area contributed by atoms with Crippen molar-refractivity contribution in [2.45, 2.75) is 85.9 Å². The number of ether oxygens (including phenoxy) is 2. The Bertz CT molecular complexity index is 2020. The Morgan fingerprint density at radius 3 is 2.20 bits per heavy atom. The molecular weight excluding hydrogens is 707 g/mol. The number of aromatic hydroxyl groups is 1. The Morgan fingerprint density at radius 1 is 0.893 bits per heavy atom. The molecule has 3 aromatic carbocycles. The van der Waals surface area contributed by atoms with Crippen LogP contribution in [0.3, 0.4) is 0 Å². The molecule has 0 fully saturated rings. The first-order valence-electron chi connectivity index (χ1n) is 19.4. The van der Waals surface area contributed by atoms with Gasteiger partial charge in [-0.15, -0.1) is 0 Å². The number of pyridine rings is 1. The molecule has 0 saturated carbocycles. The average molecular weight is 764 g/mol. The third-order valence-corrected chi connectivity index (χ3v) is 9.44. The molecule has 3 heterocycles. The molecule has 0 aliphatic carbocycles. The Labute approximate surface area is 331 Å². The van der Waals surface area contributed by atoms with Gasteiger partial charge in [0.05, 0.1) is 29.9 Å². The Hall–Kier alpha value is -5.61. The standard InChI is InChI=1S/C26H28N2O7.C16H17N.2C2H6/c1-4-18-20-10-17(32)7-8-22(20)27-26-21(18)12-28(2)23(26)11-19(16(13-30)15-34-3)24(14-31)35-25(33)6-5-9-29;1-17-12-15-8-3-2-6-13(15)10-11-14-7-4-5-9-16(14)17;2*1-2/h7-11,13-14,24,32H,4-6,12,15H2,1-3H3;2-9H,10-12H2,1H3;2*1-2H3/b19-16-,23-11-;;;. The summed E-state index contributed by atoms with van der Waals surface area (Å²) in [6.45, 7) is 11.5. The molecule has 0 radical (unpaired) electrons. The van der Waals surface area contributed by atoms with E-state index in [1.54, 1.807) is 24.3 Å². The number of phenolic OH excluding ortho intramolecular Hbond substituents is 1. The molecule has 1 unspecified atom stereocenters. The lowest BCUT2D eigenvalue weighted by atomic mass is 9.96. The number of methoxy groups -OCH3 is 1. The zero-order valence-electron chi connectivity index (χ0n) is 34.1. The first-order chi connectivity index (χ1) is 27.2. The van der Waals surface area contributed by atoms with Gasteiger partial charge in [0.15, 0.2) is 12.4 Å². The average Bonchev–Trinajstić information content (AvgIpc) is 3.53. The summed E-state index contributed by atoms with van der Waals surface area (Å²) in [6, 6.07) is 22.5. The van der Waals surface area contributed by atoms with E-state index < -0.39 is 12.1 Å². The van der Waals surface area contributed by atoms with Crippen molar-refractivity contribution < 1.29 is 33.8 Å². The molecule has 10 heteroatoms. The number of phenols is 1. The quantitative estimate of drug-likeness (QED) is 0.0913. The van der Waals surface area contributed by atoms with Crippen molar-refractivity contribution in [3.63, 3.8) is 0 Å². The molecule has 1 atom stereocenters. The minimum Gasteiger partial charge on any atom is -0.508 e. The van der Waals surface area contributed by atoms with Crippen LogP contribution in [0.4, 0.5) is 5.69 Å². The predicted molar refractivity (Wildman–Crippen MR) is 224 cm³/mol. The van der Waals surface area contributed by atoms with E-state index in [9.17, 15) is 24.3 Å². The van der Waals surface area contributed by atoms with E-state index in [2.05, 4.69) is 60.5 Å². The minimum atomic E-state index is -1.36. The minimum absolute atomic E-state index is 0.0361. The van der Waals surface area contributed by atoms with Crippen LogP contribution in [0.15, 0.2) is 84.0 Å². The van der Waals surface area contributed by atoms with Crippen LogP contribution >= 0.6 is 0 Å². The second-order valence-corrected chi connectivity index (χ2v) is 12.9. The molecule has 0 saturated heterocycles. The summed E-state index contributed by atoms with van der Waals surface area (Å²) in [5.74, 6) is -0.577. The third-order valence-electron chi connectivity index (χ3n) is 9.44. The Balaban J connectivity index is 0.000000331. The molecule has 10 nitrogen and oxygen atoms in total. The molecule has 298 valence electrons. The van der Waals surface area contributed by atoms with Crippen LogP contribution in [0.5, 0.6) is 5.75 Å². The van der Waals surface area contributed by atoms with Gasteiger partial charge in [-0.3, -0.25) is 14.4 Å². The van der Waals surface area contributed by atoms with Crippen LogP contribution in [0, 0.1) is 0 Å². The van der Waals surface area contributed by atoms with E-state index in [1.807, 2.05) is 46.6 Å². The molecule has 2 aliphatic heterocycles. The lowest BCUT2D eigenvalue weighted by molar-refractivity contribution is -0.150. The van der Waals surface area contributed by atoms with Crippen molar-refractivity contribution in [2.75, 3.05) is 32.7 Å². The molecule has 6 rings (SSSR count). The molecule has 4 aromatic rings. The van der Waals surface area contributed by atoms with Gasteiger partial charge in [0, 0.05) is 68.5 Å². The van der Waals surface area contributed by atoms with Gasteiger partial charge in [0.1, 0.15) is 18.3 Å². The summed E-state index contributed by atoms with van der Waals surface area (Å²) in [6.07, 6.45) is 4.64. The zero-order valence-corrected chi connectivity index (χ0v) is 34.1. The number of hydrogen-bond donors (Lipinski definition) is 1. The number of carbonyl (C=O) groups excluding carboxylic acids is 4. The molecular formula is C46H57N3O7. The lowest BCUT2D eigenvalue weighted by Gasteiger charge is -2.26. The first-order valence-corrected chi connectivity index (χ1v) is 19.4. The smallest absolute Gasteiger partial charge is 0.307 e. The van der Waals surface area contributed by atoms with Gasteiger partial charge in [0.2, 0.25) is 0 Å². The summed E-state index contributed by atoms with van der Waals surface area (Å²) in [4.78, 5) is 55.7. The highest BCUT2D eigenvalue weighted by Crippen LogP contribution is 2.38. The fourth-order valence-electron chi connectivity index (χ4n) is 6.87. The summed E-state index contributed by atoms with van der Waals surface area (Å²) in [5.41, 5.74) is 10.2. The number of aldehydes is 3. The maximum atomic E-state index is 12.2. The molecule has 0 spiro atoms. The monoisotopic (exact) mass is 763 g/mol. The summed E-state index contributed by atoms with van der Waals surface area (Å²) in [7, 11) is 5.45. The number of anilines is 1. The SMILES string of the molecule is CC.CC.CCc1c2c(nc3ccc(O)cc13)/C(=C/C(=C(\C=O)COC)C(C=O)OC(=O)CCC=O)N(C)C2.CN1Cc2ccccc2CCc2ccccc21. The summed E-state index contributed by atoms with van der Waals surface area (Å²) < 4.78 is 10.4. The number of aryl methyl sites for hydroxylation is 3. The highest BCUT2D eigenvalue weighted by atomic mass is 16.5. The highest BCUT2D eigenvalue weighted by molar-refractivity contribution is 5.90.